The van der Waals surface area contributed by atoms with E-state index >= 15 is 0 Å². The summed E-state index contributed by atoms with van der Waals surface area (Å²) < 4.78 is 2.08. The molecule has 0 spiro atoms. The van der Waals surface area contributed by atoms with Gasteiger partial charge >= 0.3 is 0 Å². The lowest BCUT2D eigenvalue weighted by Gasteiger charge is -2.17. The van der Waals surface area contributed by atoms with Gasteiger partial charge in [-0.1, -0.05) is 27.2 Å². The minimum absolute atomic E-state index is 0. The van der Waals surface area contributed by atoms with E-state index in [0.29, 0.717) is 6.04 Å². The molecule has 1 unspecified atom stereocenters. The number of hydrogen-bond donors (Lipinski definition) is 2. The quantitative estimate of drug-likeness (QED) is 0.278. The van der Waals surface area contributed by atoms with Crippen LogP contribution in [0.25, 0.3) is 0 Å². The topological polar surface area (TPSA) is 67.1 Å². The molecule has 0 aromatic carbocycles. The molecule has 22 heavy (non-hydrogen) atoms. The van der Waals surface area contributed by atoms with Crippen LogP contribution in [-0.2, 0) is 13.0 Å². The van der Waals surface area contributed by atoms with Crippen molar-refractivity contribution in [3.8, 4) is 0 Å². The maximum absolute atomic E-state index is 4.62. The number of nitrogens with zero attached hydrogens (tertiary/aromatic N) is 4. The van der Waals surface area contributed by atoms with Crippen molar-refractivity contribution in [1.29, 1.82) is 0 Å². The van der Waals surface area contributed by atoms with Crippen molar-refractivity contribution in [3.05, 3.63) is 12.2 Å². The Labute approximate surface area is 151 Å². The van der Waals surface area contributed by atoms with E-state index in [0.717, 1.165) is 50.7 Å². The minimum Gasteiger partial charge on any atom is -0.355 e. The number of halogens is 1. The fourth-order valence-corrected chi connectivity index (χ4v) is 1.87. The molecule has 0 aliphatic heterocycles. The largest absolute Gasteiger partial charge is 0.355 e. The maximum atomic E-state index is 4.62. The highest BCUT2D eigenvalue weighted by atomic mass is 127. The van der Waals surface area contributed by atoms with Crippen molar-refractivity contribution in [3.63, 3.8) is 0 Å². The van der Waals surface area contributed by atoms with Gasteiger partial charge in [-0.25, -0.2) is 0 Å². The molecule has 1 atom stereocenters. The van der Waals surface area contributed by atoms with Gasteiger partial charge in [-0.15, -0.1) is 34.2 Å². The Kier molecular flexibility index (Phi) is 12.2. The van der Waals surface area contributed by atoms with Crippen LogP contribution in [0.4, 0.5) is 0 Å². The molecule has 0 fully saturated rings. The highest BCUT2D eigenvalue weighted by Crippen LogP contribution is 1.95. The average Bonchev–Trinajstić information content (AvgIpc) is 2.94. The van der Waals surface area contributed by atoms with E-state index in [2.05, 4.69) is 58.1 Å². The lowest BCUT2D eigenvalue weighted by Crippen LogP contribution is -2.43. The number of nitrogens with one attached hydrogen (secondary N) is 2. The maximum Gasteiger partial charge on any atom is 0.191 e. The summed E-state index contributed by atoms with van der Waals surface area (Å²) in [6.45, 7) is 11.2. The number of hydrogen-bond acceptors (Lipinski definition) is 3. The standard InChI is InChI=1S/C15H30N6.HI/c1-5-8-9-16-15(19-13(4)6-2)17-10-11-21-12-18-20-14(21)7-3;/h12-13H,5-11H2,1-4H3,(H2,16,17,19);1H. The summed E-state index contributed by atoms with van der Waals surface area (Å²) in [7, 11) is 0. The van der Waals surface area contributed by atoms with E-state index < -0.39 is 0 Å². The predicted molar refractivity (Wildman–Crippen MR) is 103 cm³/mol. The van der Waals surface area contributed by atoms with Gasteiger partial charge in [-0.05, 0) is 19.8 Å². The zero-order valence-electron chi connectivity index (χ0n) is 14.3. The van der Waals surface area contributed by atoms with E-state index in [-0.39, 0.29) is 24.0 Å². The van der Waals surface area contributed by atoms with Gasteiger partial charge in [0.25, 0.3) is 0 Å². The molecule has 0 aliphatic rings. The zero-order chi connectivity index (χ0) is 15.5. The molecule has 1 rings (SSSR count). The van der Waals surface area contributed by atoms with Gasteiger partial charge in [-0.2, -0.15) is 0 Å². The van der Waals surface area contributed by atoms with E-state index in [1.165, 1.54) is 6.42 Å². The molecule has 0 aliphatic carbocycles. The van der Waals surface area contributed by atoms with E-state index in [4.69, 9.17) is 0 Å². The molecule has 0 saturated carbocycles. The third-order valence-electron chi connectivity index (χ3n) is 3.43. The Hall–Kier alpha value is -0.860. The number of aryl methyl sites for hydroxylation is 1. The molecule has 2 N–H and O–H groups in total. The van der Waals surface area contributed by atoms with Crippen LogP contribution in [0.5, 0.6) is 0 Å². The summed E-state index contributed by atoms with van der Waals surface area (Å²) in [6.07, 6.45) is 6.07. The zero-order valence-corrected chi connectivity index (χ0v) is 16.6. The summed E-state index contributed by atoms with van der Waals surface area (Å²) in [4.78, 5) is 4.62. The smallest absolute Gasteiger partial charge is 0.191 e. The van der Waals surface area contributed by atoms with Crippen molar-refractivity contribution < 1.29 is 0 Å². The first kappa shape index (κ1) is 21.1. The fraction of sp³-hybridized carbons (Fsp3) is 0.800. The van der Waals surface area contributed by atoms with Gasteiger partial charge < -0.3 is 15.2 Å². The average molecular weight is 422 g/mol. The van der Waals surface area contributed by atoms with Crippen LogP contribution in [0.2, 0.25) is 0 Å². The van der Waals surface area contributed by atoms with Crippen molar-refractivity contribution in [2.24, 2.45) is 4.99 Å². The summed E-state index contributed by atoms with van der Waals surface area (Å²) in [5.41, 5.74) is 0. The van der Waals surface area contributed by atoms with Crippen LogP contribution in [0, 0.1) is 0 Å². The number of unbranched alkanes of at least 4 members (excludes halogenated alkanes) is 1. The first-order chi connectivity index (χ1) is 10.2. The number of guanidine groups is 1. The van der Waals surface area contributed by atoms with Crippen LogP contribution >= 0.6 is 24.0 Å². The Bertz CT molecular complexity index is 418. The van der Waals surface area contributed by atoms with Crippen molar-refractivity contribution in [2.75, 3.05) is 13.1 Å². The Balaban J connectivity index is 0.00000441. The highest BCUT2D eigenvalue weighted by molar-refractivity contribution is 14.0. The Morgan fingerprint density at radius 1 is 1.36 bits per heavy atom. The normalized spacial score (nSPS) is 12.6. The van der Waals surface area contributed by atoms with Crippen LogP contribution in [0.1, 0.15) is 52.8 Å². The molecule has 7 heteroatoms. The van der Waals surface area contributed by atoms with Crippen LogP contribution in [0.3, 0.4) is 0 Å². The number of aromatic nitrogens is 3. The lowest BCUT2D eigenvalue weighted by molar-refractivity contribution is 0.598. The second-order valence-corrected chi connectivity index (χ2v) is 5.26. The van der Waals surface area contributed by atoms with Gasteiger partial charge in [0.15, 0.2) is 5.96 Å². The summed E-state index contributed by atoms with van der Waals surface area (Å²) in [6, 6.07) is 0.430. The lowest BCUT2D eigenvalue weighted by atomic mass is 10.3. The molecule has 128 valence electrons. The predicted octanol–water partition coefficient (Wildman–Crippen LogP) is 2.59. The van der Waals surface area contributed by atoms with Crippen molar-refractivity contribution >= 4 is 29.9 Å². The van der Waals surface area contributed by atoms with Gasteiger partial charge in [0.05, 0.1) is 0 Å². The molecule has 1 aromatic rings. The van der Waals surface area contributed by atoms with Crippen LogP contribution < -0.4 is 10.6 Å². The molecule has 0 radical (unpaired) electrons. The Morgan fingerprint density at radius 2 is 2.14 bits per heavy atom. The van der Waals surface area contributed by atoms with Gasteiger partial charge in [0.2, 0.25) is 0 Å². The monoisotopic (exact) mass is 422 g/mol. The highest BCUT2D eigenvalue weighted by Gasteiger charge is 2.04. The fourth-order valence-electron chi connectivity index (χ4n) is 1.87. The van der Waals surface area contributed by atoms with E-state index in [9.17, 15) is 0 Å². The molecule has 1 heterocycles. The first-order valence-electron chi connectivity index (χ1n) is 8.12. The van der Waals surface area contributed by atoms with E-state index in [1.807, 2.05) is 0 Å². The number of aliphatic imine (C=N–C) groups is 1. The molecular weight excluding hydrogens is 391 g/mol. The third kappa shape index (κ3) is 7.95. The minimum atomic E-state index is 0. The second kappa shape index (κ2) is 12.7. The summed E-state index contributed by atoms with van der Waals surface area (Å²) in [5, 5.41) is 14.9. The molecule has 6 nitrogen and oxygen atoms in total. The summed E-state index contributed by atoms with van der Waals surface area (Å²) in [5.74, 6) is 1.93. The molecule has 1 aromatic heterocycles. The first-order valence-corrected chi connectivity index (χ1v) is 8.12. The molecular formula is C15H31IN6. The van der Waals surface area contributed by atoms with E-state index in [1.54, 1.807) is 6.33 Å². The van der Waals surface area contributed by atoms with Crippen LogP contribution in [-0.4, -0.2) is 39.9 Å². The van der Waals surface area contributed by atoms with Crippen LogP contribution in [0.15, 0.2) is 11.3 Å². The van der Waals surface area contributed by atoms with Gasteiger partial charge in [0.1, 0.15) is 12.2 Å². The van der Waals surface area contributed by atoms with Gasteiger partial charge in [-0.3, -0.25) is 4.99 Å². The summed E-state index contributed by atoms with van der Waals surface area (Å²) >= 11 is 0. The third-order valence-corrected chi connectivity index (χ3v) is 3.43. The second-order valence-electron chi connectivity index (χ2n) is 5.26. The molecule has 0 bridgehead atoms. The van der Waals surface area contributed by atoms with Crippen molar-refractivity contribution in [1.82, 2.24) is 25.4 Å². The van der Waals surface area contributed by atoms with Gasteiger partial charge in [0, 0.05) is 32.1 Å². The molecule has 0 amide bonds. The SMILES string of the molecule is CCCCN=C(NCCn1cnnc1CC)NC(C)CC.I. The number of rotatable bonds is 9. The van der Waals surface area contributed by atoms with Crippen molar-refractivity contribution in [2.45, 2.75) is 66.0 Å². The Morgan fingerprint density at radius 3 is 2.77 bits per heavy atom. The molecule has 0 saturated heterocycles.